The first kappa shape index (κ1) is 14.8. The van der Waals surface area contributed by atoms with Gasteiger partial charge in [-0.1, -0.05) is 20.8 Å². The van der Waals surface area contributed by atoms with Crippen LogP contribution >= 0.6 is 0 Å². The number of alkyl halides is 3. The smallest absolute Gasteiger partial charge is 0.308 e. The maximum Gasteiger partial charge on any atom is 0.401 e. The fourth-order valence-corrected chi connectivity index (χ4v) is 2.58. The minimum atomic E-state index is -4.10. The Labute approximate surface area is 102 Å². The number of nitrogens with one attached hydrogen (secondary N) is 1. The summed E-state index contributed by atoms with van der Waals surface area (Å²) in [5.41, 5.74) is -0.142. The average molecular weight is 252 g/mol. The van der Waals surface area contributed by atoms with E-state index < -0.39 is 12.7 Å². The monoisotopic (exact) mass is 252 g/mol. The van der Waals surface area contributed by atoms with Crippen LogP contribution in [0.5, 0.6) is 0 Å². The Bertz CT molecular complexity index is 236. The zero-order valence-electron chi connectivity index (χ0n) is 10.9. The highest BCUT2D eigenvalue weighted by Gasteiger charge is 2.41. The van der Waals surface area contributed by atoms with Crippen LogP contribution in [0.1, 0.15) is 40.0 Å². The van der Waals surface area contributed by atoms with E-state index in [4.69, 9.17) is 0 Å². The summed E-state index contributed by atoms with van der Waals surface area (Å²) in [6.45, 7) is 6.39. The predicted octanol–water partition coefficient (Wildman–Crippen LogP) is 2.79. The van der Waals surface area contributed by atoms with Crippen molar-refractivity contribution in [2.24, 2.45) is 0 Å². The summed E-state index contributed by atoms with van der Waals surface area (Å²) >= 11 is 0. The lowest BCUT2D eigenvalue weighted by Gasteiger charge is -2.47. The van der Waals surface area contributed by atoms with Crippen molar-refractivity contribution < 1.29 is 13.2 Å². The summed E-state index contributed by atoms with van der Waals surface area (Å²) in [4.78, 5) is 1.60. The molecule has 2 nitrogen and oxygen atoms in total. The normalized spacial score (nSPS) is 26.1. The van der Waals surface area contributed by atoms with Gasteiger partial charge in [0.2, 0.25) is 0 Å². The summed E-state index contributed by atoms with van der Waals surface area (Å²) in [5.74, 6) is 0. The molecule has 0 radical (unpaired) electrons. The van der Waals surface area contributed by atoms with E-state index in [1.165, 1.54) is 0 Å². The van der Waals surface area contributed by atoms with Gasteiger partial charge in [0.1, 0.15) is 0 Å². The van der Waals surface area contributed by atoms with Crippen molar-refractivity contribution in [2.45, 2.75) is 57.8 Å². The van der Waals surface area contributed by atoms with Crippen LogP contribution < -0.4 is 5.32 Å². The van der Waals surface area contributed by atoms with Crippen LogP contribution in [-0.4, -0.2) is 42.3 Å². The molecule has 1 unspecified atom stereocenters. The molecule has 5 heteroatoms. The second kappa shape index (κ2) is 5.57. The molecule has 1 atom stereocenters. The van der Waals surface area contributed by atoms with Gasteiger partial charge in [0.05, 0.1) is 6.54 Å². The lowest BCUT2D eigenvalue weighted by Crippen LogP contribution is -2.64. The number of hydrogen-bond acceptors (Lipinski definition) is 2. The van der Waals surface area contributed by atoms with Crippen LogP contribution in [0.3, 0.4) is 0 Å². The molecule has 1 heterocycles. The Morgan fingerprint density at radius 2 is 1.82 bits per heavy atom. The maximum absolute atomic E-state index is 12.5. The Kier molecular flexibility index (Phi) is 4.84. The average Bonchev–Trinajstić information content (AvgIpc) is 2.27. The van der Waals surface area contributed by atoms with Gasteiger partial charge in [-0.05, 0) is 19.3 Å². The van der Waals surface area contributed by atoms with Crippen LogP contribution in [0.4, 0.5) is 13.2 Å². The highest BCUT2D eigenvalue weighted by molar-refractivity contribution is 4.96. The van der Waals surface area contributed by atoms with E-state index >= 15 is 0 Å². The molecule has 1 aliphatic rings. The standard InChI is InChI=1S/C12H23F3N2/c1-4-10-7-16-11(5-2,6-3)8-17(10)9-12(13,14)15/h10,16H,4-9H2,1-3H3. The molecular weight excluding hydrogens is 229 g/mol. The molecule has 17 heavy (non-hydrogen) atoms. The SMILES string of the molecule is CCC1CNC(CC)(CC)CN1CC(F)(F)F. The van der Waals surface area contributed by atoms with Crippen LogP contribution in [0.25, 0.3) is 0 Å². The highest BCUT2D eigenvalue weighted by Crippen LogP contribution is 2.27. The second-order valence-electron chi connectivity index (χ2n) is 4.95. The van der Waals surface area contributed by atoms with E-state index in [9.17, 15) is 13.2 Å². The third-order valence-electron chi connectivity index (χ3n) is 3.94. The molecule has 1 saturated heterocycles. The van der Waals surface area contributed by atoms with Gasteiger partial charge in [-0.2, -0.15) is 13.2 Å². The Hall–Kier alpha value is -0.290. The Morgan fingerprint density at radius 1 is 1.24 bits per heavy atom. The lowest BCUT2D eigenvalue weighted by atomic mass is 9.88. The van der Waals surface area contributed by atoms with E-state index in [-0.39, 0.29) is 11.6 Å². The maximum atomic E-state index is 12.5. The molecule has 0 saturated carbocycles. The molecule has 0 bridgehead atoms. The number of nitrogens with zero attached hydrogens (tertiary/aromatic N) is 1. The third-order valence-corrected chi connectivity index (χ3v) is 3.94. The van der Waals surface area contributed by atoms with Crippen LogP contribution in [0.15, 0.2) is 0 Å². The van der Waals surface area contributed by atoms with Gasteiger partial charge in [-0.15, -0.1) is 0 Å². The summed E-state index contributed by atoms with van der Waals surface area (Å²) in [6, 6.07) is 0.00264. The van der Waals surface area contributed by atoms with Crippen LogP contribution in [0.2, 0.25) is 0 Å². The molecule has 1 aliphatic heterocycles. The number of hydrogen-bond donors (Lipinski definition) is 1. The molecule has 1 N–H and O–H groups in total. The molecule has 0 spiro atoms. The Balaban J connectivity index is 2.74. The minimum absolute atomic E-state index is 0.00264. The fourth-order valence-electron chi connectivity index (χ4n) is 2.58. The predicted molar refractivity (Wildman–Crippen MR) is 63.0 cm³/mol. The van der Waals surface area contributed by atoms with Gasteiger partial charge in [0, 0.05) is 24.7 Å². The molecule has 102 valence electrons. The van der Waals surface area contributed by atoms with Crippen molar-refractivity contribution in [3.8, 4) is 0 Å². The highest BCUT2D eigenvalue weighted by atomic mass is 19.4. The summed E-state index contributed by atoms with van der Waals surface area (Å²) in [7, 11) is 0. The zero-order chi connectivity index (χ0) is 13.1. The minimum Gasteiger partial charge on any atom is -0.308 e. The van der Waals surface area contributed by atoms with Crippen LogP contribution in [-0.2, 0) is 0 Å². The van der Waals surface area contributed by atoms with Crippen molar-refractivity contribution >= 4 is 0 Å². The van der Waals surface area contributed by atoms with Gasteiger partial charge < -0.3 is 5.32 Å². The summed E-state index contributed by atoms with van der Waals surface area (Å²) in [6.07, 6.45) is -1.60. The summed E-state index contributed by atoms with van der Waals surface area (Å²) < 4.78 is 37.6. The first-order chi connectivity index (χ1) is 7.86. The topological polar surface area (TPSA) is 15.3 Å². The molecule has 0 aromatic rings. The van der Waals surface area contributed by atoms with E-state index in [0.29, 0.717) is 13.1 Å². The summed E-state index contributed by atoms with van der Waals surface area (Å²) in [5, 5.41) is 3.44. The molecular formula is C12H23F3N2. The molecule has 0 amide bonds. The number of rotatable bonds is 4. The van der Waals surface area contributed by atoms with Crippen molar-refractivity contribution in [3.05, 3.63) is 0 Å². The second-order valence-corrected chi connectivity index (χ2v) is 4.95. The zero-order valence-corrected chi connectivity index (χ0v) is 10.9. The first-order valence-electron chi connectivity index (χ1n) is 6.41. The first-order valence-corrected chi connectivity index (χ1v) is 6.41. The quantitative estimate of drug-likeness (QED) is 0.827. The lowest BCUT2D eigenvalue weighted by molar-refractivity contribution is -0.157. The van der Waals surface area contributed by atoms with Crippen molar-refractivity contribution in [1.29, 1.82) is 0 Å². The van der Waals surface area contributed by atoms with Crippen molar-refractivity contribution in [3.63, 3.8) is 0 Å². The Morgan fingerprint density at radius 3 is 2.24 bits per heavy atom. The van der Waals surface area contributed by atoms with Gasteiger partial charge in [-0.25, -0.2) is 0 Å². The molecule has 0 aromatic carbocycles. The molecule has 0 aromatic heterocycles. The molecule has 1 rings (SSSR count). The third kappa shape index (κ3) is 3.85. The van der Waals surface area contributed by atoms with Gasteiger partial charge in [0.15, 0.2) is 0 Å². The number of piperazine rings is 1. The largest absolute Gasteiger partial charge is 0.401 e. The van der Waals surface area contributed by atoms with E-state index in [0.717, 1.165) is 19.3 Å². The van der Waals surface area contributed by atoms with Gasteiger partial charge >= 0.3 is 6.18 Å². The van der Waals surface area contributed by atoms with E-state index in [1.54, 1.807) is 4.90 Å². The van der Waals surface area contributed by atoms with Gasteiger partial charge in [0.25, 0.3) is 0 Å². The molecule has 0 aliphatic carbocycles. The van der Waals surface area contributed by atoms with Crippen LogP contribution in [0, 0.1) is 0 Å². The van der Waals surface area contributed by atoms with E-state index in [2.05, 4.69) is 5.32 Å². The van der Waals surface area contributed by atoms with E-state index in [1.807, 2.05) is 20.8 Å². The van der Waals surface area contributed by atoms with Crippen molar-refractivity contribution in [1.82, 2.24) is 10.2 Å². The number of halogens is 3. The fraction of sp³-hybridized carbons (Fsp3) is 1.00. The molecule has 1 fully saturated rings. The van der Waals surface area contributed by atoms with Gasteiger partial charge in [-0.3, -0.25) is 4.90 Å². The van der Waals surface area contributed by atoms with Crippen molar-refractivity contribution in [2.75, 3.05) is 19.6 Å².